The van der Waals surface area contributed by atoms with Crippen molar-refractivity contribution < 1.29 is 18.3 Å². The van der Waals surface area contributed by atoms with E-state index >= 15 is 0 Å². The molecule has 0 aliphatic carbocycles. The topological polar surface area (TPSA) is 96.4 Å². The molecule has 0 spiro atoms. The predicted octanol–water partition coefficient (Wildman–Crippen LogP) is 1.50. The molecule has 0 bridgehead atoms. The molecular formula is C13H18N2O4S. The lowest BCUT2D eigenvalue weighted by Crippen LogP contribution is -2.32. The zero-order chi connectivity index (χ0) is 15.4. The third kappa shape index (κ3) is 5.50. The molecule has 0 unspecified atom stereocenters. The molecular weight excluding hydrogens is 280 g/mol. The lowest BCUT2D eigenvalue weighted by molar-refractivity contribution is -0.131. The average molecular weight is 298 g/mol. The number of pyridine rings is 1. The van der Waals surface area contributed by atoms with Gasteiger partial charge in [0.2, 0.25) is 10.0 Å². The standard InChI is InChI=1S/C13H18N2O4S/c1-13(2,3)9-15-20(18,19)11-6-10(7-14-8-11)4-5-12(16)17/h4-8,15H,9H2,1-3H3,(H,16,17). The van der Waals surface area contributed by atoms with Crippen LogP contribution in [0.4, 0.5) is 0 Å². The lowest BCUT2D eigenvalue weighted by atomic mass is 9.98. The zero-order valence-corrected chi connectivity index (χ0v) is 12.4. The fourth-order valence-corrected chi connectivity index (χ4v) is 2.52. The van der Waals surface area contributed by atoms with Gasteiger partial charge in [0.1, 0.15) is 4.90 Å². The molecule has 0 saturated heterocycles. The second kappa shape index (κ2) is 6.15. The van der Waals surface area contributed by atoms with E-state index in [1.54, 1.807) is 0 Å². The maximum atomic E-state index is 12.1. The van der Waals surface area contributed by atoms with Gasteiger partial charge in [0.25, 0.3) is 0 Å². The molecule has 0 radical (unpaired) electrons. The third-order valence-electron chi connectivity index (χ3n) is 2.26. The number of nitrogens with one attached hydrogen (secondary N) is 1. The van der Waals surface area contributed by atoms with Gasteiger partial charge in [-0.2, -0.15) is 0 Å². The first kappa shape index (κ1) is 16.3. The van der Waals surface area contributed by atoms with Crippen molar-refractivity contribution in [1.29, 1.82) is 0 Å². The van der Waals surface area contributed by atoms with Crippen LogP contribution in [-0.4, -0.2) is 31.0 Å². The van der Waals surface area contributed by atoms with E-state index in [1.807, 2.05) is 20.8 Å². The van der Waals surface area contributed by atoms with E-state index in [0.717, 1.165) is 6.08 Å². The molecule has 1 heterocycles. The van der Waals surface area contributed by atoms with E-state index in [2.05, 4.69) is 9.71 Å². The van der Waals surface area contributed by atoms with Crippen LogP contribution in [0.1, 0.15) is 26.3 Å². The second-order valence-electron chi connectivity index (χ2n) is 5.51. The number of hydrogen-bond donors (Lipinski definition) is 2. The Kier molecular flexibility index (Phi) is 5.02. The number of hydrogen-bond acceptors (Lipinski definition) is 4. The molecule has 6 nitrogen and oxygen atoms in total. The van der Waals surface area contributed by atoms with E-state index in [1.165, 1.54) is 24.5 Å². The monoisotopic (exact) mass is 298 g/mol. The van der Waals surface area contributed by atoms with Crippen LogP contribution in [0.15, 0.2) is 29.4 Å². The van der Waals surface area contributed by atoms with Gasteiger partial charge >= 0.3 is 5.97 Å². The zero-order valence-electron chi connectivity index (χ0n) is 11.6. The van der Waals surface area contributed by atoms with Crippen LogP contribution in [0.3, 0.4) is 0 Å². The van der Waals surface area contributed by atoms with Crippen LogP contribution in [0.25, 0.3) is 6.08 Å². The molecule has 1 aromatic heterocycles. The molecule has 0 saturated carbocycles. The third-order valence-corrected chi connectivity index (χ3v) is 3.62. The summed E-state index contributed by atoms with van der Waals surface area (Å²) in [6, 6.07) is 1.37. The first-order chi connectivity index (χ1) is 9.10. The van der Waals surface area contributed by atoms with Gasteiger partial charge in [0.15, 0.2) is 0 Å². The maximum absolute atomic E-state index is 12.1. The predicted molar refractivity (Wildman–Crippen MR) is 75.6 cm³/mol. The fourth-order valence-electron chi connectivity index (χ4n) is 1.24. The first-order valence-electron chi connectivity index (χ1n) is 5.96. The molecule has 20 heavy (non-hydrogen) atoms. The van der Waals surface area contributed by atoms with Crippen molar-refractivity contribution in [2.75, 3.05) is 6.54 Å². The minimum atomic E-state index is -3.65. The van der Waals surface area contributed by atoms with Gasteiger partial charge in [0, 0.05) is 25.0 Å². The van der Waals surface area contributed by atoms with Crippen LogP contribution in [0, 0.1) is 5.41 Å². The van der Waals surface area contributed by atoms with Gasteiger partial charge in [0.05, 0.1) is 0 Å². The summed E-state index contributed by atoms with van der Waals surface area (Å²) in [5.41, 5.74) is 0.229. The molecule has 0 amide bonds. The summed E-state index contributed by atoms with van der Waals surface area (Å²) >= 11 is 0. The highest BCUT2D eigenvalue weighted by Gasteiger charge is 2.18. The van der Waals surface area contributed by atoms with Crippen LogP contribution in [0.2, 0.25) is 0 Å². The SMILES string of the molecule is CC(C)(C)CNS(=O)(=O)c1cncc(C=CC(=O)O)c1. The maximum Gasteiger partial charge on any atom is 0.328 e. The van der Waals surface area contributed by atoms with Crippen LogP contribution >= 0.6 is 0 Å². The molecule has 1 rings (SSSR count). The normalized spacial score (nSPS) is 12.8. The van der Waals surface area contributed by atoms with Crippen LogP contribution in [0.5, 0.6) is 0 Å². The molecule has 0 atom stereocenters. The van der Waals surface area contributed by atoms with Crippen molar-refractivity contribution in [2.45, 2.75) is 25.7 Å². The number of rotatable bonds is 5. The Morgan fingerprint density at radius 1 is 1.40 bits per heavy atom. The molecule has 110 valence electrons. The van der Waals surface area contributed by atoms with Crippen molar-refractivity contribution in [2.24, 2.45) is 5.41 Å². The van der Waals surface area contributed by atoms with E-state index in [-0.39, 0.29) is 10.3 Å². The Morgan fingerprint density at radius 3 is 2.60 bits per heavy atom. The number of sulfonamides is 1. The Morgan fingerprint density at radius 2 is 2.05 bits per heavy atom. The van der Waals surface area contributed by atoms with Crippen molar-refractivity contribution in [3.63, 3.8) is 0 Å². The molecule has 0 fully saturated rings. The van der Waals surface area contributed by atoms with Crippen molar-refractivity contribution in [3.8, 4) is 0 Å². The number of nitrogens with zero attached hydrogens (tertiary/aromatic N) is 1. The minimum Gasteiger partial charge on any atom is -0.478 e. The summed E-state index contributed by atoms with van der Waals surface area (Å²) < 4.78 is 26.7. The Balaban J connectivity index is 2.96. The molecule has 0 aromatic carbocycles. The second-order valence-corrected chi connectivity index (χ2v) is 7.28. The van der Waals surface area contributed by atoms with Gasteiger partial charge in [-0.15, -0.1) is 0 Å². The number of carboxylic acid groups (broad SMARTS) is 1. The number of aromatic nitrogens is 1. The first-order valence-corrected chi connectivity index (χ1v) is 7.44. The van der Waals surface area contributed by atoms with E-state index in [9.17, 15) is 13.2 Å². The molecule has 7 heteroatoms. The highest BCUT2D eigenvalue weighted by atomic mass is 32.2. The van der Waals surface area contributed by atoms with Gasteiger partial charge < -0.3 is 5.11 Å². The van der Waals surface area contributed by atoms with Gasteiger partial charge in [-0.3, -0.25) is 4.98 Å². The van der Waals surface area contributed by atoms with Gasteiger partial charge in [-0.05, 0) is 23.1 Å². The lowest BCUT2D eigenvalue weighted by Gasteiger charge is -2.18. The van der Waals surface area contributed by atoms with E-state index in [4.69, 9.17) is 5.11 Å². The van der Waals surface area contributed by atoms with E-state index < -0.39 is 16.0 Å². The molecule has 2 N–H and O–H groups in total. The highest BCUT2D eigenvalue weighted by molar-refractivity contribution is 7.89. The number of aliphatic carboxylic acids is 1. The largest absolute Gasteiger partial charge is 0.478 e. The van der Waals surface area contributed by atoms with Gasteiger partial charge in [-0.1, -0.05) is 20.8 Å². The summed E-state index contributed by atoms with van der Waals surface area (Å²) in [5, 5.41) is 8.54. The Hall–Kier alpha value is -1.73. The van der Waals surface area contributed by atoms with Crippen molar-refractivity contribution >= 4 is 22.1 Å². The Labute approximate surface area is 118 Å². The average Bonchev–Trinajstić information content (AvgIpc) is 2.34. The molecule has 0 aliphatic heterocycles. The van der Waals surface area contributed by atoms with E-state index in [0.29, 0.717) is 12.1 Å². The summed E-state index contributed by atoms with van der Waals surface area (Å²) in [4.78, 5) is 14.2. The van der Waals surface area contributed by atoms with Gasteiger partial charge in [-0.25, -0.2) is 17.9 Å². The Bertz CT molecular complexity index is 616. The molecule has 1 aromatic rings. The summed E-state index contributed by atoms with van der Waals surface area (Å²) in [6.45, 7) is 6.05. The number of carbonyl (C=O) groups is 1. The molecule has 0 aliphatic rings. The van der Waals surface area contributed by atoms with Crippen molar-refractivity contribution in [3.05, 3.63) is 30.1 Å². The van der Waals surface area contributed by atoms with Crippen molar-refractivity contribution in [1.82, 2.24) is 9.71 Å². The quantitative estimate of drug-likeness (QED) is 0.803. The summed E-state index contributed by atoms with van der Waals surface area (Å²) in [5.74, 6) is -1.11. The van der Waals surface area contributed by atoms with Crippen LogP contribution in [-0.2, 0) is 14.8 Å². The smallest absolute Gasteiger partial charge is 0.328 e. The minimum absolute atomic E-state index is 0.00860. The summed E-state index contributed by atoms with van der Waals surface area (Å²) in [6.07, 6.45) is 4.83. The number of carboxylic acids is 1. The highest BCUT2D eigenvalue weighted by Crippen LogP contribution is 2.15. The summed E-state index contributed by atoms with van der Waals surface area (Å²) in [7, 11) is -3.65. The fraction of sp³-hybridized carbons (Fsp3) is 0.385. The van der Waals surface area contributed by atoms with Crippen LogP contribution < -0.4 is 4.72 Å².